The summed E-state index contributed by atoms with van der Waals surface area (Å²) in [5.74, 6) is 1.89. The minimum atomic E-state index is -0.653. The number of benzene rings is 3. The van der Waals surface area contributed by atoms with Crippen molar-refractivity contribution in [3.8, 4) is 40.3 Å². The Balaban J connectivity index is 1.77. The van der Waals surface area contributed by atoms with Crippen LogP contribution in [0.4, 0.5) is 0 Å². The lowest BCUT2D eigenvalue weighted by Gasteiger charge is -2.13. The second kappa shape index (κ2) is 11.0. The molecule has 0 saturated carbocycles. The van der Waals surface area contributed by atoms with Gasteiger partial charge in [0.1, 0.15) is 28.9 Å². The number of aromatic nitrogens is 3. The van der Waals surface area contributed by atoms with E-state index in [0.717, 1.165) is 10.2 Å². The standard InChI is InChI=1S/C30H23N5O5/c1-38-22-10-4-19(5-11-22)18-32-35-27(20-6-12-23(39-2)13-7-20)16-25-26(17-31)29(36)34(33-28(25)30(35)37)21-8-14-24(40-3)15-9-21/h4-16,18H,1-3H3/b32-18-. The summed E-state index contributed by atoms with van der Waals surface area (Å²) in [6.45, 7) is 0. The molecule has 0 aliphatic rings. The van der Waals surface area contributed by atoms with Gasteiger partial charge in [-0.1, -0.05) is 0 Å². The van der Waals surface area contributed by atoms with Crippen LogP contribution in [0.3, 0.4) is 0 Å². The summed E-state index contributed by atoms with van der Waals surface area (Å²) in [7, 11) is 4.66. The minimum absolute atomic E-state index is 0.0869. The fourth-order valence-corrected chi connectivity index (χ4v) is 4.15. The van der Waals surface area contributed by atoms with Crippen LogP contribution in [0.5, 0.6) is 17.2 Å². The number of hydrogen-bond acceptors (Lipinski definition) is 8. The normalized spacial score (nSPS) is 10.9. The Morgan fingerprint density at radius 2 is 1.35 bits per heavy atom. The second-order valence-corrected chi connectivity index (χ2v) is 8.56. The molecule has 0 aliphatic heterocycles. The van der Waals surface area contributed by atoms with Crippen molar-refractivity contribution in [3.05, 3.63) is 111 Å². The number of nitrogens with zero attached hydrogens (tertiary/aromatic N) is 5. The Hall–Kier alpha value is -5.69. The molecule has 3 aromatic carbocycles. The van der Waals surface area contributed by atoms with Crippen LogP contribution >= 0.6 is 0 Å². The first kappa shape index (κ1) is 25.9. The largest absolute Gasteiger partial charge is 0.497 e. The maximum absolute atomic E-state index is 13.9. The molecule has 0 atom stereocenters. The first-order valence-corrected chi connectivity index (χ1v) is 12.1. The van der Waals surface area contributed by atoms with E-state index in [2.05, 4.69) is 10.2 Å². The number of fused-ring (bicyclic) bond motifs is 1. The van der Waals surface area contributed by atoms with Crippen LogP contribution in [0.1, 0.15) is 11.1 Å². The molecule has 10 heteroatoms. The first-order chi connectivity index (χ1) is 19.5. The molecule has 0 N–H and O–H groups in total. The Labute approximate surface area is 228 Å². The molecule has 10 nitrogen and oxygen atoms in total. The van der Waals surface area contributed by atoms with Crippen molar-refractivity contribution < 1.29 is 14.2 Å². The van der Waals surface area contributed by atoms with Gasteiger partial charge in [-0.3, -0.25) is 9.59 Å². The van der Waals surface area contributed by atoms with Gasteiger partial charge in [0.2, 0.25) is 0 Å². The molecule has 5 rings (SSSR count). The molecule has 0 bridgehead atoms. The van der Waals surface area contributed by atoms with Gasteiger partial charge in [0, 0.05) is 10.9 Å². The van der Waals surface area contributed by atoms with Gasteiger partial charge < -0.3 is 14.2 Å². The molecule has 2 aromatic heterocycles. The highest BCUT2D eigenvalue weighted by Crippen LogP contribution is 2.25. The van der Waals surface area contributed by atoms with Crippen LogP contribution in [0, 0.1) is 11.3 Å². The van der Waals surface area contributed by atoms with E-state index in [9.17, 15) is 14.9 Å². The first-order valence-electron chi connectivity index (χ1n) is 12.1. The summed E-state index contributed by atoms with van der Waals surface area (Å²) in [6, 6.07) is 24.3. The molecule has 198 valence electrons. The number of rotatable bonds is 7. The van der Waals surface area contributed by atoms with E-state index in [1.54, 1.807) is 93.1 Å². The van der Waals surface area contributed by atoms with E-state index < -0.39 is 11.1 Å². The molecular weight excluding hydrogens is 510 g/mol. The minimum Gasteiger partial charge on any atom is -0.497 e. The van der Waals surface area contributed by atoms with Crippen molar-refractivity contribution >= 4 is 17.1 Å². The third kappa shape index (κ3) is 4.79. The third-order valence-electron chi connectivity index (χ3n) is 6.29. The van der Waals surface area contributed by atoms with Gasteiger partial charge >= 0.3 is 0 Å². The summed E-state index contributed by atoms with van der Waals surface area (Å²) >= 11 is 0. The monoisotopic (exact) mass is 533 g/mol. The molecule has 0 amide bonds. The molecule has 0 spiro atoms. The predicted octanol–water partition coefficient (Wildman–Crippen LogP) is 3.99. The van der Waals surface area contributed by atoms with Crippen LogP contribution < -0.4 is 25.3 Å². The quantitative estimate of drug-likeness (QED) is 0.290. The van der Waals surface area contributed by atoms with E-state index in [1.165, 1.54) is 18.0 Å². The lowest BCUT2D eigenvalue weighted by Crippen LogP contribution is -2.29. The molecular formula is C30H23N5O5. The van der Waals surface area contributed by atoms with Crippen LogP contribution in [-0.4, -0.2) is 42.0 Å². The fraction of sp³-hybridized carbons (Fsp3) is 0.100. The Morgan fingerprint density at radius 1 is 0.800 bits per heavy atom. The number of ether oxygens (including phenoxy) is 3. The molecule has 2 heterocycles. The average Bonchev–Trinajstić information content (AvgIpc) is 3.00. The van der Waals surface area contributed by atoms with Crippen LogP contribution in [0.25, 0.3) is 27.8 Å². The zero-order valence-electron chi connectivity index (χ0n) is 21.9. The topological polar surface area (TPSA) is 121 Å². The van der Waals surface area contributed by atoms with E-state index in [4.69, 9.17) is 14.2 Å². The highest BCUT2D eigenvalue weighted by molar-refractivity contribution is 5.87. The highest BCUT2D eigenvalue weighted by atomic mass is 16.5. The summed E-state index contributed by atoms with van der Waals surface area (Å²) in [6.07, 6.45) is 1.53. The third-order valence-corrected chi connectivity index (χ3v) is 6.29. The zero-order valence-corrected chi connectivity index (χ0v) is 21.9. The summed E-state index contributed by atoms with van der Waals surface area (Å²) < 4.78 is 17.9. The van der Waals surface area contributed by atoms with Crippen molar-refractivity contribution in [2.24, 2.45) is 5.10 Å². The summed E-state index contributed by atoms with van der Waals surface area (Å²) in [4.78, 5) is 27.3. The molecule has 5 aromatic rings. The van der Waals surface area contributed by atoms with Gasteiger partial charge in [0.15, 0.2) is 5.52 Å². The smallest absolute Gasteiger partial charge is 0.299 e. The van der Waals surface area contributed by atoms with E-state index in [-0.39, 0.29) is 16.5 Å². The predicted molar refractivity (Wildman–Crippen MR) is 151 cm³/mol. The Kier molecular flexibility index (Phi) is 7.11. The van der Waals surface area contributed by atoms with Gasteiger partial charge in [-0.05, 0) is 84.4 Å². The number of methoxy groups -OCH3 is 3. The molecule has 40 heavy (non-hydrogen) atoms. The summed E-state index contributed by atoms with van der Waals surface area (Å²) in [5, 5.41) is 19.0. The van der Waals surface area contributed by atoms with Gasteiger partial charge in [0.25, 0.3) is 11.1 Å². The van der Waals surface area contributed by atoms with E-state index >= 15 is 0 Å². The second-order valence-electron chi connectivity index (χ2n) is 8.56. The Morgan fingerprint density at radius 3 is 1.90 bits per heavy atom. The fourth-order valence-electron chi connectivity index (χ4n) is 4.15. The Bertz CT molecular complexity index is 1880. The number of hydrogen-bond donors (Lipinski definition) is 0. The molecule has 0 saturated heterocycles. The van der Waals surface area contributed by atoms with Gasteiger partial charge in [-0.15, -0.1) is 0 Å². The van der Waals surface area contributed by atoms with Crippen molar-refractivity contribution in [3.63, 3.8) is 0 Å². The van der Waals surface area contributed by atoms with Gasteiger partial charge in [-0.2, -0.15) is 24.8 Å². The lowest BCUT2D eigenvalue weighted by atomic mass is 10.1. The molecule has 0 fully saturated rings. The van der Waals surface area contributed by atoms with Gasteiger partial charge in [-0.25, -0.2) is 0 Å². The van der Waals surface area contributed by atoms with Crippen molar-refractivity contribution in [2.75, 3.05) is 21.3 Å². The van der Waals surface area contributed by atoms with Crippen LogP contribution in [-0.2, 0) is 0 Å². The lowest BCUT2D eigenvalue weighted by molar-refractivity contribution is 0.414. The molecule has 0 radical (unpaired) electrons. The van der Waals surface area contributed by atoms with Crippen molar-refractivity contribution in [1.82, 2.24) is 14.5 Å². The van der Waals surface area contributed by atoms with Gasteiger partial charge in [0.05, 0.1) is 38.9 Å². The average molecular weight is 534 g/mol. The highest BCUT2D eigenvalue weighted by Gasteiger charge is 2.20. The molecule has 0 aliphatic carbocycles. The maximum atomic E-state index is 13.9. The van der Waals surface area contributed by atoms with Crippen molar-refractivity contribution in [1.29, 1.82) is 5.26 Å². The van der Waals surface area contributed by atoms with Crippen molar-refractivity contribution in [2.45, 2.75) is 0 Å². The number of nitriles is 1. The summed E-state index contributed by atoms with van der Waals surface area (Å²) in [5.41, 5.74) is 0.528. The van der Waals surface area contributed by atoms with Crippen LogP contribution in [0.2, 0.25) is 0 Å². The number of pyridine rings is 1. The zero-order chi connectivity index (χ0) is 28.2. The van der Waals surface area contributed by atoms with E-state index in [0.29, 0.717) is 34.2 Å². The van der Waals surface area contributed by atoms with E-state index in [1.807, 2.05) is 6.07 Å². The SMILES string of the molecule is COc1ccc(/C=N\n2c(-c3ccc(OC)cc3)cc3c(C#N)c(=O)n(-c4ccc(OC)cc4)nc3c2=O)cc1. The maximum Gasteiger partial charge on any atom is 0.299 e. The molecule has 0 unspecified atom stereocenters. The van der Waals surface area contributed by atoms with Crippen LogP contribution in [0.15, 0.2) is 93.6 Å².